The van der Waals surface area contributed by atoms with Gasteiger partial charge in [0.05, 0.1) is 39.9 Å². The molecule has 11 nitrogen and oxygen atoms in total. The Morgan fingerprint density at radius 3 is 2.73 bits per heavy atom. The third kappa shape index (κ3) is 7.15. The minimum absolute atomic E-state index is 0.0114. The number of imidazole rings is 1. The number of rotatable bonds is 12. The lowest BCUT2D eigenvalue weighted by atomic mass is 10.1. The topological polar surface area (TPSA) is 151 Å². The number of amides is 1. The van der Waals surface area contributed by atoms with E-state index in [1.54, 1.807) is 36.4 Å². The van der Waals surface area contributed by atoms with E-state index in [0.29, 0.717) is 33.3 Å². The number of carbonyl (C=O) groups excluding carboxylic acids is 1. The number of hydrogen-bond donors (Lipinski definition) is 1. The van der Waals surface area contributed by atoms with Crippen LogP contribution in [0, 0.1) is 11.3 Å². The molecule has 2 heterocycles. The van der Waals surface area contributed by atoms with Crippen molar-refractivity contribution in [1.29, 1.82) is 5.26 Å². The Morgan fingerprint density at radius 1 is 1.32 bits per heavy atom. The average Bonchev–Trinajstić information content (AvgIpc) is 3.33. The monoisotopic (exact) mass is 580 g/mol. The summed E-state index contributed by atoms with van der Waals surface area (Å²) in [5.41, 5.74) is 1.30. The van der Waals surface area contributed by atoms with Gasteiger partial charge in [-0.15, -0.1) is 6.58 Å². The van der Waals surface area contributed by atoms with Crippen LogP contribution < -0.4 is 10.3 Å². The number of nitrogens with zero attached hydrogens (tertiary/aromatic N) is 5. The zero-order valence-corrected chi connectivity index (χ0v) is 23.4. The van der Waals surface area contributed by atoms with Crippen molar-refractivity contribution < 1.29 is 22.3 Å². The first kappa shape index (κ1) is 29.4. The van der Waals surface area contributed by atoms with Crippen molar-refractivity contribution in [1.82, 2.24) is 24.6 Å². The molecule has 0 radical (unpaired) electrons. The van der Waals surface area contributed by atoms with Gasteiger partial charge in [-0.25, -0.2) is 22.5 Å². The molecule has 1 amide bonds. The Morgan fingerprint density at radius 2 is 2.05 bits per heavy atom. The van der Waals surface area contributed by atoms with Crippen LogP contribution in [0.3, 0.4) is 0 Å². The highest BCUT2D eigenvalue weighted by Gasteiger charge is 2.18. The van der Waals surface area contributed by atoms with Gasteiger partial charge in [0, 0.05) is 31.3 Å². The number of alkyl halides is 1. The summed E-state index contributed by atoms with van der Waals surface area (Å²) in [6, 6.07) is 12.1. The van der Waals surface area contributed by atoms with Crippen molar-refractivity contribution in [3.8, 4) is 11.8 Å². The van der Waals surface area contributed by atoms with Crippen molar-refractivity contribution in [2.24, 2.45) is 0 Å². The van der Waals surface area contributed by atoms with E-state index in [1.165, 1.54) is 18.0 Å². The number of sulfone groups is 1. The molecule has 4 aromatic rings. The first-order chi connectivity index (χ1) is 19.5. The molecule has 0 saturated carbocycles. The molecular formula is C28H29FN6O5S. The molecule has 214 valence electrons. The summed E-state index contributed by atoms with van der Waals surface area (Å²) in [5, 5.41) is 15.0. The van der Waals surface area contributed by atoms with Crippen molar-refractivity contribution >= 4 is 37.6 Å². The third-order valence-electron chi connectivity index (χ3n) is 6.38. The highest BCUT2D eigenvalue weighted by molar-refractivity contribution is 7.90. The number of carbonyl (C=O) groups is 1. The Bertz CT molecular complexity index is 1830. The number of allylic oxidation sites excluding steroid dienone is 1. The van der Waals surface area contributed by atoms with Gasteiger partial charge >= 0.3 is 0 Å². The molecule has 0 fully saturated rings. The number of H-pyrrole nitrogens is 1. The fourth-order valence-electron chi connectivity index (χ4n) is 4.19. The predicted octanol–water partition coefficient (Wildman–Crippen LogP) is 2.53. The SMILES string of the molecule is C=CCC(F)COc1cc2nc(Cc3nn(CC(=O)N(C)CCS(C)(=O)=O)c(=O)c4ccccc34)[nH]c2cc1C#N. The maximum Gasteiger partial charge on any atom is 0.275 e. The second kappa shape index (κ2) is 12.3. The molecule has 0 aliphatic carbocycles. The van der Waals surface area contributed by atoms with Crippen LogP contribution in [0.25, 0.3) is 21.8 Å². The van der Waals surface area contributed by atoms with Gasteiger partial charge in [0.1, 0.15) is 46.8 Å². The standard InChI is InChI=1S/C28H29FN6O5S/c1-4-7-19(29)17-40-25-13-24-23(12-18(25)15-30)31-26(32-24)14-22-20-8-5-6-9-21(20)28(37)35(33-22)16-27(36)34(2)10-11-41(3,38)39/h4-6,8-9,12-13,19H,1,7,10-11,14,16-17H2,2-3H3,(H,31,32). The fraction of sp³-hybridized carbons (Fsp3) is 0.321. The van der Waals surface area contributed by atoms with E-state index >= 15 is 0 Å². The number of nitriles is 1. The zero-order chi connectivity index (χ0) is 29.7. The lowest BCUT2D eigenvalue weighted by Crippen LogP contribution is -2.37. The van der Waals surface area contributed by atoms with Gasteiger partial charge in [-0.3, -0.25) is 9.59 Å². The molecule has 1 unspecified atom stereocenters. The molecule has 0 bridgehead atoms. The first-order valence-electron chi connectivity index (χ1n) is 12.7. The minimum Gasteiger partial charge on any atom is -0.489 e. The molecule has 2 aromatic carbocycles. The summed E-state index contributed by atoms with van der Waals surface area (Å²) in [5.74, 6) is 0.0278. The van der Waals surface area contributed by atoms with E-state index in [4.69, 9.17) is 4.74 Å². The lowest BCUT2D eigenvalue weighted by molar-refractivity contribution is -0.130. The highest BCUT2D eigenvalue weighted by Crippen LogP contribution is 2.26. The van der Waals surface area contributed by atoms with E-state index in [1.807, 2.05) is 6.07 Å². The molecular weight excluding hydrogens is 551 g/mol. The van der Waals surface area contributed by atoms with E-state index in [2.05, 4.69) is 21.6 Å². The number of aromatic amines is 1. The van der Waals surface area contributed by atoms with Gasteiger partial charge < -0.3 is 14.6 Å². The smallest absolute Gasteiger partial charge is 0.275 e. The number of fused-ring (bicyclic) bond motifs is 2. The minimum atomic E-state index is -3.27. The van der Waals surface area contributed by atoms with E-state index in [9.17, 15) is 27.7 Å². The number of aromatic nitrogens is 4. The van der Waals surface area contributed by atoms with Gasteiger partial charge in [-0.2, -0.15) is 10.4 Å². The summed E-state index contributed by atoms with van der Waals surface area (Å²) in [7, 11) is -1.80. The molecule has 41 heavy (non-hydrogen) atoms. The van der Waals surface area contributed by atoms with Crippen molar-refractivity contribution in [3.05, 3.63) is 76.5 Å². The molecule has 0 aliphatic rings. The maximum absolute atomic E-state index is 13.9. The number of ether oxygens (including phenoxy) is 1. The normalized spacial score (nSPS) is 12.2. The molecule has 13 heteroatoms. The third-order valence-corrected chi connectivity index (χ3v) is 7.31. The Labute approximate surface area is 235 Å². The van der Waals surface area contributed by atoms with E-state index in [-0.39, 0.29) is 49.6 Å². The quantitative estimate of drug-likeness (QED) is 0.251. The van der Waals surface area contributed by atoms with Crippen LogP contribution >= 0.6 is 0 Å². The first-order valence-corrected chi connectivity index (χ1v) is 14.8. The van der Waals surface area contributed by atoms with Gasteiger partial charge in [-0.05, 0) is 18.6 Å². The van der Waals surface area contributed by atoms with Crippen LogP contribution in [0.5, 0.6) is 5.75 Å². The highest BCUT2D eigenvalue weighted by atomic mass is 32.2. The average molecular weight is 581 g/mol. The second-order valence-electron chi connectivity index (χ2n) is 9.67. The summed E-state index contributed by atoms with van der Waals surface area (Å²) in [4.78, 5) is 34.9. The molecule has 0 saturated heterocycles. The second-order valence-corrected chi connectivity index (χ2v) is 11.9. The molecule has 1 atom stereocenters. The maximum atomic E-state index is 13.9. The molecule has 1 N–H and O–H groups in total. The van der Waals surface area contributed by atoms with Crippen LogP contribution in [-0.4, -0.2) is 77.4 Å². The molecule has 0 aliphatic heterocycles. The fourth-order valence-corrected chi connectivity index (χ4v) is 4.79. The van der Waals surface area contributed by atoms with Crippen LogP contribution in [0.1, 0.15) is 23.5 Å². The van der Waals surface area contributed by atoms with Gasteiger partial charge in [-0.1, -0.05) is 24.3 Å². The van der Waals surface area contributed by atoms with Crippen LogP contribution in [0.4, 0.5) is 4.39 Å². The zero-order valence-electron chi connectivity index (χ0n) is 22.6. The Kier molecular flexibility index (Phi) is 8.83. The predicted molar refractivity (Wildman–Crippen MR) is 152 cm³/mol. The summed E-state index contributed by atoms with van der Waals surface area (Å²) in [6.07, 6.45) is 1.57. The number of halogens is 1. The van der Waals surface area contributed by atoms with Crippen LogP contribution in [0.15, 0.2) is 53.8 Å². The summed E-state index contributed by atoms with van der Waals surface area (Å²) in [6.45, 7) is 2.89. The number of nitrogens with one attached hydrogen (secondary N) is 1. The van der Waals surface area contributed by atoms with Crippen molar-refractivity contribution in [2.45, 2.75) is 25.6 Å². The number of benzene rings is 2. The molecule has 0 spiro atoms. The van der Waals surface area contributed by atoms with E-state index < -0.39 is 27.5 Å². The number of likely N-dealkylation sites (N-methyl/N-ethyl adjacent to an activating group) is 1. The molecule has 2 aromatic heterocycles. The van der Waals surface area contributed by atoms with Crippen LogP contribution in [-0.2, 0) is 27.6 Å². The van der Waals surface area contributed by atoms with E-state index in [0.717, 1.165) is 10.9 Å². The van der Waals surface area contributed by atoms with Gasteiger partial charge in [0.2, 0.25) is 5.91 Å². The summed E-state index contributed by atoms with van der Waals surface area (Å²) < 4.78 is 43.5. The lowest BCUT2D eigenvalue weighted by Gasteiger charge is -2.17. The van der Waals surface area contributed by atoms with Crippen molar-refractivity contribution in [3.63, 3.8) is 0 Å². The largest absolute Gasteiger partial charge is 0.489 e. The van der Waals surface area contributed by atoms with Gasteiger partial charge in [0.25, 0.3) is 5.56 Å². The van der Waals surface area contributed by atoms with Gasteiger partial charge in [0.15, 0.2) is 0 Å². The summed E-state index contributed by atoms with van der Waals surface area (Å²) >= 11 is 0. The number of hydrogen-bond acceptors (Lipinski definition) is 8. The Hall–Kier alpha value is -4.57. The molecule has 4 rings (SSSR count). The van der Waals surface area contributed by atoms with Crippen molar-refractivity contribution in [2.75, 3.05) is 32.2 Å². The Balaban J connectivity index is 1.64. The van der Waals surface area contributed by atoms with Crippen LogP contribution in [0.2, 0.25) is 0 Å².